The molecule has 1 unspecified atom stereocenters. The molecule has 0 radical (unpaired) electrons. The molecule has 0 aromatic rings. The molecule has 1 saturated heterocycles. The number of hydrogen-bond donors (Lipinski definition) is 1. The molecule has 2 amide bonds. The Bertz CT molecular complexity index is 403. The molecule has 2 rings (SSSR count). The molecule has 1 N–H and O–H groups in total. The Kier molecular flexibility index (Phi) is 4.42. The second-order valence-corrected chi connectivity index (χ2v) is 5.66. The molecular weight excluding hydrogens is 260 g/mol. The van der Waals surface area contributed by atoms with Crippen LogP contribution in [0.4, 0.5) is 0 Å². The highest BCUT2D eigenvalue weighted by atomic mass is 16.5. The third kappa shape index (κ3) is 3.36. The van der Waals surface area contributed by atoms with Crippen LogP contribution in [-0.4, -0.2) is 47.4 Å². The lowest BCUT2D eigenvalue weighted by Gasteiger charge is -2.30. The Morgan fingerprint density at radius 1 is 1.35 bits per heavy atom. The van der Waals surface area contributed by atoms with Gasteiger partial charge in [-0.2, -0.15) is 0 Å². The van der Waals surface area contributed by atoms with Gasteiger partial charge in [-0.1, -0.05) is 0 Å². The number of carbonyl (C=O) groups excluding carboxylic acids is 3. The molecule has 1 saturated carbocycles. The summed E-state index contributed by atoms with van der Waals surface area (Å²) in [5, 5.41) is 3.28. The van der Waals surface area contributed by atoms with Crippen molar-refractivity contribution >= 4 is 17.8 Å². The number of nitrogens with zero attached hydrogens (tertiary/aromatic N) is 1. The fourth-order valence-corrected chi connectivity index (χ4v) is 2.41. The Morgan fingerprint density at radius 2 is 1.95 bits per heavy atom. The Labute approximate surface area is 118 Å². The first kappa shape index (κ1) is 15.0. The quantitative estimate of drug-likeness (QED) is 0.546. The van der Waals surface area contributed by atoms with Crippen molar-refractivity contribution in [2.75, 3.05) is 13.2 Å². The lowest BCUT2D eigenvalue weighted by atomic mass is 9.97. The standard InChI is InChI=1S/C14H22N2O4/c1-3-20-13(19)14(2,15-10-4-5-10)8-9-16-11(17)6-7-12(16)18/h10,15H,3-9H2,1-2H3. The number of ether oxygens (including phenoxy) is 1. The maximum absolute atomic E-state index is 12.1. The zero-order chi connectivity index (χ0) is 14.8. The SMILES string of the molecule is CCOC(=O)C(C)(CCN1C(=O)CCC1=O)NC1CC1. The summed E-state index contributed by atoms with van der Waals surface area (Å²) in [6, 6.07) is 0.342. The summed E-state index contributed by atoms with van der Waals surface area (Å²) >= 11 is 0. The van der Waals surface area contributed by atoms with Crippen LogP contribution in [0.5, 0.6) is 0 Å². The second-order valence-electron chi connectivity index (χ2n) is 5.66. The van der Waals surface area contributed by atoms with Crippen molar-refractivity contribution in [1.82, 2.24) is 10.2 Å². The van der Waals surface area contributed by atoms with Gasteiger partial charge < -0.3 is 4.74 Å². The Hall–Kier alpha value is -1.43. The fourth-order valence-electron chi connectivity index (χ4n) is 2.41. The molecule has 2 aliphatic rings. The minimum atomic E-state index is -0.833. The van der Waals surface area contributed by atoms with Crippen LogP contribution in [0.25, 0.3) is 0 Å². The van der Waals surface area contributed by atoms with Crippen LogP contribution in [0.3, 0.4) is 0 Å². The molecule has 6 heteroatoms. The van der Waals surface area contributed by atoms with Crippen LogP contribution in [0.15, 0.2) is 0 Å². The van der Waals surface area contributed by atoms with E-state index in [4.69, 9.17) is 4.74 Å². The smallest absolute Gasteiger partial charge is 0.326 e. The van der Waals surface area contributed by atoms with Crippen molar-refractivity contribution in [1.29, 1.82) is 0 Å². The van der Waals surface area contributed by atoms with Gasteiger partial charge in [-0.3, -0.25) is 24.6 Å². The van der Waals surface area contributed by atoms with E-state index < -0.39 is 5.54 Å². The lowest BCUT2D eigenvalue weighted by molar-refractivity contribution is -0.152. The predicted molar refractivity (Wildman–Crippen MR) is 71.8 cm³/mol. The number of nitrogens with one attached hydrogen (secondary N) is 1. The number of hydrogen-bond acceptors (Lipinski definition) is 5. The normalized spacial score (nSPS) is 22.0. The fraction of sp³-hybridized carbons (Fsp3) is 0.786. The Morgan fingerprint density at radius 3 is 2.45 bits per heavy atom. The summed E-state index contributed by atoms with van der Waals surface area (Å²) in [5.41, 5.74) is -0.833. The van der Waals surface area contributed by atoms with Gasteiger partial charge in [-0.25, -0.2) is 0 Å². The average Bonchev–Trinajstić information content (AvgIpc) is 3.14. The van der Waals surface area contributed by atoms with Crippen molar-refractivity contribution in [3.8, 4) is 0 Å². The molecule has 0 aromatic heterocycles. The second kappa shape index (κ2) is 5.91. The van der Waals surface area contributed by atoms with Crippen LogP contribution in [0.1, 0.15) is 46.0 Å². The van der Waals surface area contributed by atoms with E-state index in [2.05, 4.69) is 5.32 Å². The van der Waals surface area contributed by atoms with Gasteiger partial charge in [0.1, 0.15) is 5.54 Å². The van der Waals surface area contributed by atoms with Crippen molar-refractivity contribution in [2.24, 2.45) is 0 Å². The number of carbonyl (C=O) groups is 3. The number of likely N-dealkylation sites (tertiary alicyclic amines) is 1. The maximum Gasteiger partial charge on any atom is 0.326 e. The topological polar surface area (TPSA) is 75.7 Å². The van der Waals surface area contributed by atoms with Crippen molar-refractivity contribution in [2.45, 2.75) is 57.5 Å². The van der Waals surface area contributed by atoms with E-state index in [0.29, 0.717) is 19.1 Å². The van der Waals surface area contributed by atoms with Gasteiger partial charge in [0.15, 0.2) is 0 Å². The van der Waals surface area contributed by atoms with Crippen LogP contribution < -0.4 is 5.32 Å². The predicted octanol–water partition coefficient (Wildman–Crippen LogP) is 0.599. The van der Waals surface area contributed by atoms with Gasteiger partial charge in [0.05, 0.1) is 6.61 Å². The zero-order valence-corrected chi connectivity index (χ0v) is 12.1. The van der Waals surface area contributed by atoms with Gasteiger partial charge in [0.25, 0.3) is 0 Å². The summed E-state index contributed by atoms with van der Waals surface area (Å²) in [4.78, 5) is 36.6. The molecule has 20 heavy (non-hydrogen) atoms. The maximum atomic E-state index is 12.1. The van der Waals surface area contributed by atoms with E-state index in [1.165, 1.54) is 4.90 Å². The van der Waals surface area contributed by atoms with Crippen molar-refractivity contribution in [3.05, 3.63) is 0 Å². The van der Waals surface area contributed by atoms with E-state index >= 15 is 0 Å². The highest BCUT2D eigenvalue weighted by molar-refractivity contribution is 6.01. The van der Waals surface area contributed by atoms with E-state index in [-0.39, 0.29) is 37.2 Å². The van der Waals surface area contributed by atoms with E-state index in [0.717, 1.165) is 12.8 Å². The summed E-state index contributed by atoms with van der Waals surface area (Å²) in [7, 11) is 0. The molecule has 1 heterocycles. The van der Waals surface area contributed by atoms with Crippen LogP contribution >= 0.6 is 0 Å². The number of imide groups is 1. The zero-order valence-electron chi connectivity index (χ0n) is 12.1. The minimum Gasteiger partial charge on any atom is -0.465 e. The van der Waals surface area contributed by atoms with Gasteiger partial charge in [-0.15, -0.1) is 0 Å². The molecule has 1 aliphatic carbocycles. The van der Waals surface area contributed by atoms with E-state index in [1.54, 1.807) is 13.8 Å². The summed E-state index contributed by atoms with van der Waals surface area (Å²) in [6.45, 7) is 4.15. The molecule has 1 atom stereocenters. The first-order valence-corrected chi connectivity index (χ1v) is 7.24. The number of amides is 2. The average molecular weight is 282 g/mol. The van der Waals surface area contributed by atoms with Crippen molar-refractivity contribution in [3.63, 3.8) is 0 Å². The minimum absolute atomic E-state index is 0.146. The van der Waals surface area contributed by atoms with Crippen LogP contribution in [-0.2, 0) is 19.1 Å². The van der Waals surface area contributed by atoms with Crippen molar-refractivity contribution < 1.29 is 19.1 Å². The lowest BCUT2D eigenvalue weighted by Crippen LogP contribution is -2.53. The monoisotopic (exact) mass is 282 g/mol. The Balaban J connectivity index is 1.97. The van der Waals surface area contributed by atoms with E-state index in [9.17, 15) is 14.4 Å². The summed E-state index contributed by atoms with van der Waals surface area (Å²) in [5.74, 6) is -0.605. The first-order valence-electron chi connectivity index (χ1n) is 7.24. The third-order valence-electron chi connectivity index (χ3n) is 3.82. The molecule has 0 aromatic carbocycles. The molecule has 6 nitrogen and oxygen atoms in total. The number of rotatable bonds is 7. The van der Waals surface area contributed by atoms with Gasteiger partial charge in [-0.05, 0) is 33.1 Å². The van der Waals surface area contributed by atoms with Crippen LogP contribution in [0, 0.1) is 0 Å². The largest absolute Gasteiger partial charge is 0.465 e. The summed E-state index contributed by atoms with van der Waals surface area (Å²) in [6.07, 6.45) is 3.06. The number of esters is 1. The molecule has 2 fully saturated rings. The molecule has 1 aliphatic heterocycles. The first-order chi connectivity index (χ1) is 9.46. The molecule has 112 valence electrons. The van der Waals surface area contributed by atoms with Gasteiger partial charge in [0, 0.05) is 25.4 Å². The van der Waals surface area contributed by atoms with Crippen LogP contribution in [0.2, 0.25) is 0 Å². The molecule has 0 spiro atoms. The highest BCUT2D eigenvalue weighted by Crippen LogP contribution is 2.26. The highest BCUT2D eigenvalue weighted by Gasteiger charge is 2.41. The van der Waals surface area contributed by atoms with Gasteiger partial charge >= 0.3 is 5.97 Å². The summed E-state index contributed by atoms with van der Waals surface area (Å²) < 4.78 is 5.11. The third-order valence-corrected chi connectivity index (χ3v) is 3.82. The molecular formula is C14H22N2O4. The van der Waals surface area contributed by atoms with E-state index in [1.807, 2.05) is 0 Å². The molecule has 0 bridgehead atoms. The van der Waals surface area contributed by atoms with Gasteiger partial charge in [0.2, 0.25) is 11.8 Å².